The third kappa shape index (κ3) is 4.52. The summed E-state index contributed by atoms with van der Waals surface area (Å²) in [4.78, 5) is 22.6. The average Bonchev–Trinajstić information content (AvgIpc) is 2.33. The standard InChI is InChI=1S/C13H16ClFN2O2/c1-7-4-10(5-8(2)11(7)15)6-16-13(19)17-12(18)9(3)14/h4-5,9H,6H2,1-3H3,(H2,16,17,18,19). The maximum atomic E-state index is 13.4. The van der Waals surface area contributed by atoms with Crippen molar-refractivity contribution in [3.05, 3.63) is 34.6 Å². The monoisotopic (exact) mass is 286 g/mol. The Bertz CT molecular complexity index is 480. The number of carbonyl (C=O) groups excluding carboxylic acids is 2. The molecule has 0 bridgehead atoms. The van der Waals surface area contributed by atoms with Crippen molar-refractivity contribution in [1.82, 2.24) is 10.6 Å². The number of nitrogens with one attached hydrogen (secondary N) is 2. The number of amides is 3. The van der Waals surface area contributed by atoms with E-state index in [0.717, 1.165) is 5.56 Å². The summed E-state index contributed by atoms with van der Waals surface area (Å²) in [6.45, 7) is 4.99. The number of hydrogen-bond donors (Lipinski definition) is 2. The van der Waals surface area contributed by atoms with Gasteiger partial charge in [0.2, 0.25) is 5.91 Å². The summed E-state index contributed by atoms with van der Waals surface area (Å²) in [5.74, 6) is -0.815. The van der Waals surface area contributed by atoms with E-state index >= 15 is 0 Å². The Kier molecular flexibility index (Phi) is 5.30. The lowest BCUT2D eigenvalue weighted by molar-refractivity contribution is -0.119. The molecule has 4 nitrogen and oxygen atoms in total. The van der Waals surface area contributed by atoms with Gasteiger partial charge in [0.05, 0.1) is 0 Å². The molecule has 0 radical (unpaired) electrons. The van der Waals surface area contributed by atoms with Gasteiger partial charge in [0, 0.05) is 6.54 Å². The van der Waals surface area contributed by atoms with E-state index in [-0.39, 0.29) is 12.4 Å². The second kappa shape index (κ2) is 6.52. The van der Waals surface area contributed by atoms with Crippen molar-refractivity contribution in [1.29, 1.82) is 0 Å². The minimum atomic E-state index is -0.777. The predicted octanol–water partition coefficient (Wildman–Crippen LogP) is 2.40. The third-order valence-corrected chi connectivity index (χ3v) is 2.75. The smallest absolute Gasteiger partial charge is 0.321 e. The van der Waals surface area contributed by atoms with E-state index in [1.165, 1.54) is 6.92 Å². The highest BCUT2D eigenvalue weighted by Crippen LogP contribution is 2.14. The van der Waals surface area contributed by atoms with Gasteiger partial charge in [-0.2, -0.15) is 0 Å². The molecule has 1 aromatic carbocycles. The van der Waals surface area contributed by atoms with Crippen LogP contribution < -0.4 is 10.6 Å². The second-order valence-corrected chi connectivity index (χ2v) is 4.99. The summed E-state index contributed by atoms with van der Waals surface area (Å²) in [5.41, 5.74) is 1.79. The minimum absolute atomic E-state index is 0.206. The first-order chi connectivity index (χ1) is 8.81. The summed E-state index contributed by atoms with van der Waals surface area (Å²) in [6.07, 6.45) is 0. The number of imide groups is 1. The van der Waals surface area contributed by atoms with Crippen molar-refractivity contribution in [2.75, 3.05) is 0 Å². The quantitative estimate of drug-likeness (QED) is 0.838. The van der Waals surface area contributed by atoms with Gasteiger partial charge < -0.3 is 5.32 Å². The number of halogens is 2. The number of hydrogen-bond acceptors (Lipinski definition) is 2. The molecular weight excluding hydrogens is 271 g/mol. The maximum Gasteiger partial charge on any atom is 0.321 e. The van der Waals surface area contributed by atoms with Gasteiger partial charge in [-0.3, -0.25) is 10.1 Å². The van der Waals surface area contributed by atoms with Crippen LogP contribution in [0.1, 0.15) is 23.6 Å². The maximum absolute atomic E-state index is 13.4. The van der Waals surface area contributed by atoms with Gasteiger partial charge in [-0.15, -0.1) is 11.6 Å². The molecule has 19 heavy (non-hydrogen) atoms. The summed E-state index contributed by atoms with van der Waals surface area (Å²) in [6, 6.07) is 2.67. The molecular formula is C13H16ClFN2O2. The minimum Gasteiger partial charge on any atom is -0.334 e. The number of carbonyl (C=O) groups is 2. The molecule has 0 saturated heterocycles. The molecule has 0 aliphatic carbocycles. The number of alkyl halides is 1. The zero-order chi connectivity index (χ0) is 14.6. The molecule has 6 heteroatoms. The highest BCUT2D eigenvalue weighted by atomic mass is 35.5. The van der Waals surface area contributed by atoms with E-state index in [1.807, 2.05) is 0 Å². The first-order valence-electron chi connectivity index (χ1n) is 5.79. The van der Waals surface area contributed by atoms with Gasteiger partial charge in [-0.05, 0) is 37.5 Å². The molecule has 104 valence electrons. The molecule has 0 saturated carbocycles. The Morgan fingerprint density at radius 3 is 2.32 bits per heavy atom. The van der Waals surface area contributed by atoms with Gasteiger partial charge in [-0.1, -0.05) is 12.1 Å². The van der Waals surface area contributed by atoms with Crippen LogP contribution in [0, 0.1) is 19.7 Å². The summed E-state index contributed by atoms with van der Waals surface area (Å²) >= 11 is 5.51. The van der Waals surface area contributed by atoms with E-state index in [1.54, 1.807) is 26.0 Å². The van der Waals surface area contributed by atoms with Crippen LogP contribution in [-0.2, 0) is 11.3 Å². The van der Waals surface area contributed by atoms with Crippen LogP contribution in [0.25, 0.3) is 0 Å². The molecule has 1 unspecified atom stereocenters. The Hall–Kier alpha value is -1.62. The first kappa shape index (κ1) is 15.4. The number of rotatable bonds is 3. The molecule has 1 rings (SSSR count). The lowest BCUT2D eigenvalue weighted by atomic mass is 10.1. The van der Waals surface area contributed by atoms with Gasteiger partial charge in [0.15, 0.2) is 0 Å². The van der Waals surface area contributed by atoms with Gasteiger partial charge in [0.1, 0.15) is 11.2 Å². The van der Waals surface area contributed by atoms with E-state index in [2.05, 4.69) is 10.6 Å². The topological polar surface area (TPSA) is 58.2 Å². The van der Waals surface area contributed by atoms with Gasteiger partial charge in [0.25, 0.3) is 0 Å². The Balaban J connectivity index is 2.58. The highest BCUT2D eigenvalue weighted by Gasteiger charge is 2.12. The molecule has 0 aromatic heterocycles. The second-order valence-electron chi connectivity index (χ2n) is 4.33. The van der Waals surface area contributed by atoms with Crippen LogP contribution in [-0.4, -0.2) is 17.3 Å². The SMILES string of the molecule is Cc1cc(CNC(=O)NC(=O)C(C)Cl)cc(C)c1F. The summed E-state index contributed by atoms with van der Waals surface area (Å²) < 4.78 is 13.4. The van der Waals surface area contributed by atoms with Crippen LogP contribution in [0.5, 0.6) is 0 Å². The predicted molar refractivity (Wildman–Crippen MR) is 71.6 cm³/mol. The molecule has 0 aliphatic heterocycles. The van der Waals surface area contributed by atoms with Crippen LogP contribution in [0.15, 0.2) is 12.1 Å². The lowest BCUT2D eigenvalue weighted by Gasteiger charge is -2.09. The molecule has 1 aromatic rings. The van der Waals surface area contributed by atoms with Crippen molar-refractivity contribution < 1.29 is 14.0 Å². The Labute approximate surface area is 116 Å². The van der Waals surface area contributed by atoms with E-state index in [0.29, 0.717) is 11.1 Å². The van der Waals surface area contributed by atoms with Crippen molar-refractivity contribution in [2.24, 2.45) is 0 Å². The average molecular weight is 287 g/mol. The lowest BCUT2D eigenvalue weighted by Crippen LogP contribution is -2.41. The molecule has 0 fully saturated rings. The normalized spacial score (nSPS) is 11.8. The van der Waals surface area contributed by atoms with Gasteiger partial charge >= 0.3 is 6.03 Å². The van der Waals surface area contributed by atoms with E-state index < -0.39 is 17.3 Å². The molecule has 0 aliphatic rings. The molecule has 1 atom stereocenters. The molecule has 2 N–H and O–H groups in total. The molecule has 0 spiro atoms. The summed E-state index contributed by atoms with van der Waals surface area (Å²) in [5, 5.41) is 3.83. The van der Waals surface area contributed by atoms with Gasteiger partial charge in [-0.25, -0.2) is 9.18 Å². The van der Waals surface area contributed by atoms with Crippen LogP contribution in [0.2, 0.25) is 0 Å². The first-order valence-corrected chi connectivity index (χ1v) is 6.23. The zero-order valence-electron chi connectivity index (χ0n) is 11.0. The Morgan fingerprint density at radius 1 is 1.32 bits per heavy atom. The fourth-order valence-electron chi connectivity index (χ4n) is 1.58. The van der Waals surface area contributed by atoms with Crippen molar-refractivity contribution >= 4 is 23.5 Å². The highest BCUT2D eigenvalue weighted by molar-refractivity contribution is 6.31. The zero-order valence-corrected chi connectivity index (χ0v) is 11.8. The molecule has 3 amide bonds. The largest absolute Gasteiger partial charge is 0.334 e. The Morgan fingerprint density at radius 2 is 1.84 bits per heavy atom. The van der Waals surface area contributed by atoms with Crippen LogP contribution in [0.4, 0.5) is 9.18 Å². The molecule has 0 heterocycles. The van der Waals surface area contributed by atoms with Crippen LogP contribution >= 0.6 is 11.6 Å². The third-order valence-electron chi connectivity index (χ3n) is 2.55. The van der Waals surface area contributed by atoms with Crippen molar-refractivity contribution in [3.8, 4) is 0 Å². The summed E-state index contributed by atoms with van der Waals surface area (Å²) in [7, 11) is 0. The van der Waals surface area contributed by atoms with E-state index in [4.69, 9.17) is 11.6 Å². The number of urea groups is 1. The van der Waals surface area contributed by atoms with Crippen LogP contribution in [0.3, 0.4) is 0 Å². The van der Waals surface area contributed by atoms with Crippen molar-refractivity contribution in [2.45, 2.75) is 32.7 Å². The number of benzene rings is 1. The van der Waals surface area contributed by atoms with E-state index in [9.17, 15) is 14.0 Å². The fourth-order valence-corrected chi connectivity index (χ4v) is 1.63. The number of aryl methyl sites for hydroxylation is 2. The van der Waals surface area contributed by atoms with Crippen molar-refractivity contribution in [3.63, 3.8) is 0 Å². The fraction of sp³-hybridized carbons (Fsp3) is 0.385.